The number of nitrogens with zero attached hydrogens (tertiary/aromatic N) is 3. The second-order valence-corrected chi connectivity index (χ2v) is 6.44. The van der Waals surface area contributed by atoms with E-state index in [1.165, 1.54) is 6.92 Å². The van der Waals surface area contributed by atoms with Crippen LogP contribution in [-0.2, 0) is 4.79 Å². The first kappa shape index (κ1) is 16.7. The molecular formula is C18H17ClN4O3. The molecule has 0 fully saturated rings. The lowest BCUT2D eigenvalue weighted by atomic mass is 10.1. The number of halogens is 1. The molecule has 8 heteroatoms. The fraction of sp³-hybridized carbons (Fsp3) is 0.222. The number of likely N-dealkylation sites (N-methyl/N-ethyl adjacent to an activating group) is 1. The molecule has 0 aliphatic carbocycles. The van der Waals surface area contributed by atoms with Crippen LogP contribution in [0.3, 0.4) is 0 Å². The number of hydrogen-bond acceptors (Lipinski definition) is 7. The molecule has 4 rings (SSSR count). The molecule has 2 aliphatic rings. The summed E-state index contributed by atoms with van der Waals surface area (Å²) < 4.78 is 10.9. The third kappa shape index (κ3) is 2.95. The van der Waals surface area contributed by atoms with Crippen LogP contribution in [0.15, 0.2) is 47.6 Å². The smallest absolute Gasteiger partial charge is 0.231 e. The molecule has 0 unspecified atom stereocenters. The topological polar surface area (TPSA) is 66.4 Å². The summed E-state index contributed by atoms with van der Waals surface area (Å²) >= 11 is 6.01. The minimum Gasteiger partial charge on any atom is -0.454 e. The Morgan fingerprint density at radius 1 is 1.19 bits per heavy atom. The van der Waals surface area contributed by atoms with Crippen molar-refractivity contribution in [3.63, 3.8) is 0 Å². The van der Waals surface area contributed by atoms with Crippen LogP contribution in [0.1, 0.15) is 18.7 Å². The molecule has 0 bridgehead atoms. The number of hydrazine groups is 1. The van der Waals surface area contributed by atoms with Crippen molar-refractivity contribution >= 4 is 28.9 Å². The Kier molecular flexibility index (Phi) is 4.18. The molecule has 7 nitrogen and oxygen atoms in total. The first-order chi connectivity index (χ1) is 12.5. The van der Waals surface area contributed by atoms with Gasteiger partial charge in [-0.3, -0.25) is 9.80 Å². The molecule has 1 atom stereocenters. The number of ketones is 1. The minimum atomic E-state index is -0.334. The Bertz CT molecular complexity index is 885. The van der Waals surface area contributed by atoms with Crippen LogP contribution >= 0.6 is 11.6 Å². The molecule has 0 radical (unpaired) electrons. The standard InChI is InChI=1S/C18H17ClN4O3/c1-11(24)17-21-23(14-6-4-13(19)5-7-14)18(20-22(17)2)12-3-8-15-16(9-12)26-10-25-15/h3-9,18,20H,10H2,1-2H3/t18-/m1/s1. The van der Waals surface area contributed by atoms with Gasteiger partial charge in [-0.05, 0) is 42.0 Å². The van der Waals surface area contributed by atoms with Gasteiger partial charge < -0.3 is 9.47 Å². The van der Waals surface area contributed by atoms with Crippen molar-refractivity contribution in [3.05, 3.63) is 53.1 Å². The SMILES string of the molecule is CC(=O)C1=NN(c2ccc(Cl)cc2)[C@H](c2ccc3c(c2)OCO3)NN1C. The molecule has 2 heterocycles. The fourth-order valence-corrected chi connectivity index (χ4v) is 3.06. The number of fused-ring (bicyclic) bond motifs is 1. The van der Waals surface area contributed by atoms with Crippen LogP contribution < -0.4 is 19.9 Å². The predicted molar refractivity (Wildman–Crippen MR) is 98.3 cm³/mol. The summed E-state index contributed by atoms with van der Waals surface area (Å²) in [5, 5.41) is 8.58. The number of anilines is 1. The molecule has 2 aliphatic heterocycles. The quantitative estimate of drug-likeness (QED) is 0.893. The maximum atomic E-state index is 11.9. The largest absolute Gasteiger partial charge is 0.454 e. The zero-order chi connectivity index (χ0) is 18.3. The summed E-state index contributed by atoms with van der Waals surface area (Å²) in [5.74, 6) is 1.58. The molecule has 0 saturated carbocycles. The van der Waals surface area contributed by atoms with Gasteiger partial charge >= 0.3 is 0 Å². The van der Waals surface area contributed by atoms with E-state index >= 15 is 0 Å². The summed E-state index contributed by atoms with van der Waals surface area (Å²) in [6.45, 7) is 1.70. The zero-order valence-electron chi connectivity index (χ0n) is 14.3. The minimum absolute atomic E-state index is 0.136. The van der Waals surface area contributed by atoms with Gasteiger partial charge in [0.25, 0.3) is 0 Å². The lowest BCUT2D eigenvalue weighted by Gasteiger charge is -2.39. The average molecular weight is 373 g/mol. The van der Waals surface area contributed by atoms with Crippen molar-refractivity contribution in [1.29, 1.82) is 0 Å². The number of benzene rings is 2. The van der Waals surface area contributed by atoms with E-state index in [1.807, 2.05) is 30.3 Å². The van der Waals surface area contributed by atoms with Crippen molar-refractivity contribution in [3.8, 4) is 11.5 Å². The van der Waals surface area contributed by atoms with Gasteiger partial charge in [0.1, 0.15) is 6.17 Å². The highest BCUT2D eigenvalue weighted by atomic mass is 35.5. The van der Waals surface area contributed by atoms with Crippen molar-refractivity contribution in [2.45, 2.75) is 13.1 Å². The van der Waals surface area contributed by atoms with Gasteiger partial charge in [-0.1, -0.05) is 17.7 Å². The normalized spacial score (nSPS) is 18.7. The maximum Gasteiger partial charge on any atom is 0.231 e. The van der Waals surface area contributed by atoms with Gasteiger partial charge in [0.15, 0.2) is 17.3 Å². The van der Waals surface area contributed by atoms with Gasteiger partial charge in [-0.2, -0.15) is 0 Å². The lowest BCUT2D eigenvalue weighted by molar-refractivity contribution is -0.112. The average Bonchev–Trinajstić information content (AvgIpc) is 3.09. The van der Waals surface area contributed by atoms with Crippen molar-refractivity contribution in [2.75, 3.05) is 18.8 Å². The third-order valence-electron chi connectivity index (χ3n) is 4.20. The van der Waals surface area contributed by atoms with Gasteiger partial charge in [-0.25, -0.2) is 10.4 Å². The Labute approximate surface area is 155 Å². The molecule has 2 aromatic carbocycles. The van der Waals surface area contributed by atoms with E-state index in [9.17, 15) is 4.79 Å². The van der Waals surface area contributed by atoms with Crippen LogP contribution in [0.5, 0.6) is 11.5 Å². The number of hydrogen-bond donors (Lipinski definition) is 1. The first-order valence-corrected chi connectivity index (χ1v) is 8.44. The van der Waals surface area contributed by atoms with Gasteiger partial charge in [0.2, 0.25) is 12.6 Å². The molecule has 0 saturated heterocycles. The van der Waals surface area contributed by atoms with E-state index in [0.717, 1.165) is 11.3 Å². The summed E-state index contributed by atoms with van der Waals surface area (Å²) in [7, 11) is 1.76. The number of rotatable bonds is 3. The second-order valence-electron chi connectivity index (χ2n) is 6.00. The molecule has 0 amide bonds. The van der Waals surface area contributed by atoms with E-state index in [4.69, 9.17) is 21.1 Å². The zero-order valence-corrected chi connectivity index (χ0v) is 15.0. The Hall–Kier alpha value is -2.77. The molecular weight excluding hydrogens is 356 g/mol. The van der Waals surface area contributed by atoms with Crippen LogP contribution in [-0.4, -0.2) is 30.5 Å². The number of carbonyl (C=O) groups is 1. The second kappa shape index (κ2) is 6.51. The van der Waals surface area contributed by atoms with Crippen LogP contribution in [0.4, 0.5) is 5.69 Å². The van der Waals surface area contributed by atoms with E-state index < -0.39 is 0 Å². The van der Waals surface area contributed by atoms with Crippen molar-refractivity contribution in [1.82, 2.24) is 10.4 Å². The molecule has 0 spiro atoms. The van der Waals surface area contributed by atoms with Gasteiger partial charge in [0.05, 0.1) is 5.69 Å². The van der Waals surface area contributed by atoms with E-state index in [-0.39, 0.29) is 18.7 Å². The highest BCUT2D eigenvalue weighted by Crippen LogP contribution is 2.37. The van der Waals surface area contributed by atoms with E-state index in [0.29, 0.717) is 22.4 Å². The third-order valence-corrected chi connectivity index (χ3v) is 4.45. The van der Waals surface area contributed by atoms with E-state index in [2.05, 4.69) is 10.5 Å². The highest BCUT2D eigenvalue weighted by molar-refractivity contribution is 6.37. The molecule has 134 valence electrons. The van der Waals surface area contributed by atoms with Gasteiger partial charge in [-0.15, -0.1) is 5.10 Å². The van der Waals surface area contributed by atoms with Crippen molar-refractivity contribution in [2.24, 2.45) is 5.10 Å². The summed E-state index contributed by atoms with van der Waals surface area (Å²) in [6.07, 6.45) is -0.334. The van der Waals surface area contributed by atoms with E-state index in [1.54, 1.807) is 29.2 Å². The van der Waals surface area contributed by atoms with Crippen molar-refractivity contribution < 1.29 is 14.3 Å². The molecule has 2 aromatic rings. The summed E-state index contributed by atoms with van der Waals surface area (Å²) in [5.41, 5.74) is 5.02. The van der Waals surface area contributed by atoms with Gasteiger partial charge in [0, 0.05) is 19.0 Å². The maximum absolute atomic E-state index is 11.9. The van der Waals surface area contributed by atoms with Crippen LogP contribution in [0.25, 0.3) is 0 Å². The number of ether oxygens (including phenoxy) is 2. The number of carbonyl (C=O) groups excluding carboxylic acids is 1. The Morgan fingerprint density at radius 3 is 2.65 bits per heavy atom. The number of Topliss-reactive ketones (excluding diaryl/α,β-unsaturated/α-hetero) is 1. The number of hydrazone groups is 1. The monoisotopic (exact) mass is 372 g/mol. The number of amidine groups is 1. The summed E-state index contributed by atoms with van der Waals surface area (Å²) in [6, 6.07) is 13.0. The highest BCUT2D eigenvalue weighted by Gasteiger charge is 2.31. The predicted octanol–water partition coefficient (Wildman–Crippen LogP) is 2.93. The van der Waals surface area contributed by atoms with Crippen LogP contribution in [0.2, 0.25) is 5.02 Å². The molecule has 1 N–H and O–H groups in total. The summed E-state index contributed by atoms with van der Waals surface area (Å²) in [4.78, 5) is 11.9. The lowest BCUT2D eigenvalue weighted by Crippen LogP contribution is -2.54. The van der Waals surface area contributed by atoms with Crippen LogP contribution in [0, 0.1) is 0 Å². The fourth-order valence-electron chi connectivity index (χ4n) is 2.93. The first-order valence-electron chi connectivity index (χ1n) is 8.07. The Morgan fingerprint density at radius 2 is 1.92 bits per heavy atom. The Balaban J connectivity index is 1.78. The number of nitrogens with one attached hydrogen (secondary N) is 1. The molecule has 26 heavy (non-hydrogen) atoms. The molecule has 0 aromatic heterocycles.